The van der Waals surface area contributed by atoms with Gasteiger partial charge in [0.15, 0.2) is 0 Å². The molecular formula is C23H31N3O3. The number of nitrogens with one attached hydrogen (secondary N) is 1. The normalized spacial score (nSPS) is 19.8. The summed E-state index contributed by atoms with van der Waals surface area (Å²) in [5.41, 5.74) is 1.72. The number of aromatic nitrogens is 1. The Hall–Kier alpha value is -2.18. The molecule has 29 heavy (non-hydrogen) atoms. The second kappa shape index (κ2) is 9.09. The van der Waals surface area contributed by atoms with Crippen molar-refractivity contribution in [1.82, 2.24) is 15.2 Å². The van der Waals surface area contributed by atoms with Crippen molar-refractivity contribution >= 4 is 5.91 Å². The molecular weight excluding hydrogens is 366 g/mol. The van der Waals surface area contributed by atoms with Gasteiger partial charge in [-0.2, -0.15) is 0 Å². The fourth-order valence-electron chi connectivity index (χ4n) is 4.63. The number of ether oxygens (including phenoxy) is 1. The highest BCUT2D eigenvalue weighted by Crippen LogP contribution is 2.34. The number of hydrogen-bond acceptors (Lipinski definition) is 5. The molecule has 2 aliphatic rings. The van der Waals surface area contributed by atoms with Gasteiger partial charge in [0.1, 0.15) is 5.76 Å². The van der Waals surface area contributed by atoms with Gasteiger partial charge in [0.05, 0.1) is 25.3 Å². The number of rotatable bonds is 6. The molecule has 0 unspecified atom stereocenters. The van der Waals surface area contributed by atoms with E-state index >= 15 is 0 Å². The molecule has 1 aliphatic carbocycles. The second-order valence-electron chi connectivity index (χ2n) is 8.23. The lowest BCUT2D eigenvalue weighted by atomic mass is 9.79. The van der Waals surface area contributed by atoms with Crippen LogP contribution in [0.25, 0.3) is 11.5 Å². The van der Waals surface area contributed by atoms with E-state index in [1.54, 1.807) is 0 Å². The van der Waals surface area contributed by atoms with Crippen LogP contribution < -0.4 is 5.32 Å². The summed E-state index contributed by atoms with van der Waals surface area (Å²) in [5, 5.41) is 3.21. The lowest BCUT2D eigenvalue weighted by Crippen LogP contribution is -2.59. The minimum atomic E-state index is 0.0132. The number of oxazole rings is 1. The van der Waals surface area contributed by atoms with Crippen molar-refractivity contribution in [3.8, 4) is 11.5 Å². The first-order chi connectivity index (χ1) is 14.2. The predicted molar refractivity (Wildman–Crippen MR) is 112 cm³/mol. The molecule has 6 nitrogen and oxygen atoms in total. The molecule has 1 saturated carbocycles. The maximum atomic E-state index is 12.7. The van der Waals surface area contributed by atoms with Gasteiger partial charge >= 0.3 is 0 Å². The van der Waals surface area contributed by atoms with Crippen molar-refractivity contribution in [3.63, 3.8) is 0 Å². The van der Waals surface area contributed by atoms with E-state index in [4.69, 9.17) is 9.15 Å². The summed E-state index contributed by atoms with van der Waals surface area (Å²) in [5.74, 6) is 1.29. The summed E-state index contributed by atoms with van der Waals surface area (Å²) >= 11 is 0. The van der Waals surface area contributed by atoms with Crippen molar-refractivity contribution in [3.05, 3.63) is 41.8 Å². The number of nitrogens with zero attached hydrogens (tertiary/aromatic N) is 2. The summed E-state index contributed by atoms with van der Waals surface area (Å²) in [6.07, 6.45) is 6.30. The van der Waals surface area contributed by atoms with E-state index in [9.17, 15) is 4.79 Å². The third kappa shape index (κ3) is 4.70. The molecule has 2 heterocycles. The molecule has 1 aromatic heterocycles. The van der Waals surface area contributed by atoms with Gasteiger partial charge in [0.25, 0.3) is 0 Å². The Bertz CT molecular complexity index is 806. The average molecular weight is 398 g/mol. The van der Waals surface area contributed by atoms with Crippen LogP contribution in [-0.4, -0.2) is 54.2 Å². The number of benzene rings is 1. The number of carbonyl (C=O) groups is 1. The minimum absolute atomic E-state index is 0.0132. The molecule has 1 saturated heterocycles. The number of hydrogen-bond donors (Lipinski definition) is 1. The van der Waals surface area contributed by atoms with Crippen LogP contribution in [-0.2, 0) is 16.0 Å². The zero-order valence-electron chi connectivity index (χ0n) is 17.3. The molecule has 1 aromatic carbocycles. The van der Waals surface area contributed by atoms with Gasteiger partial charge in [-0.25, -0.2) is 4.98 Å². The number of aryl methyl sites for hydroxylation is 1. The van der Waals surface area contributed by atoms with Gasteiger partial charge in [0, 0.05) is 30.7 Å². The fraction of sp³-hybridized carbons (Fsp3) is 0.565. The standard InChI is InChI=1S/C23H31N3O3/c1-18-20(25-22(29-18)19-8-4-2-5-9-19)16-21(27)24-17-23(10-6-3-7-11-23)26-12-14-28-15-13-26/h2,4-5,8-9H,3,6-7,10-17H2,1H3,(H,24,27). The van der Waals surface area contributed by atoms with E-state index in [1.165, 1.54) is 19.3 Å². The molecule has 6 heteroatoms. The van der Waals surface area contributed by atoms with Crippen LogP contribution in [0.4, 0.5) is 0 Å². The highest BCUT2D eigenvalue weighted by atomic mass is 16.5. The Balaban J connectivity index is 1.39. The summed E-state index contributed by atoms with van der Waals surface area (Å²) in [6, 6.07) is 9.80. The first-order valence-corrected chi connectivity index (χ1v) is 10.8. The second-order valence-corrected chi connectivity index (χ2v) is 8.23. The van der Waals surface area contributed by atoms with E-state index in [-0.39, 0.29) is 17.9 Å². The highest BCUT2D eigenvalue weighted by Gasteiger charge is 2.38. The lowest BCUT2D eigenvalue weighted by molar-refractivity contribution is -0.121. The molecule has 156 valence electrons. The number of morpholine rings is 1. The maximum Gasteiger partial charge on any atom is 0.226 e. The fourth-order valence-corrected chi connectivity index (χ4v) is 4.63. The molecule has 4 rings (SSSR count). The van der Waals surface area contributed by atoms with Gasteiger partial charge in [-0.1, -0.05) is 37.5 Å². The first-order valence-electron chi connectivity index (χ1n) is 10.8. The molecule has 1 aliphatic heterocycles. The van der Waals surface area contributed by atoms with Gasteiger partial charge in [-0.05, 0) is 31.9 Å². The largest absolute Gasteiger partial charge is 0.441 e. The van der Waals surface area contributed by atoms with E-state index in [2.05, 4.69) is 15.2 Å². The van der Waals surface area contributed by atoms with Crippen LogP contribution in [0.1, 0.15) is 43.6 Å². The van der Waals surface area contributed by atoms with E-state index in [0.717, 1.165) is 44.7 Å². The topological polar surface area (TPSA) is 67.6 Å². The van der Waals surface area contributed by atoms with Crippen molar-refractivity contribution in [2.75, 3.05) is 32.8 Å². The molecule has 1 N–H and O–H groups in total. The van der Waals surface area contributed by atoms with Crippen LogP contribution in [0.2, 0.25) is 0 Å². The Morgan fingerprint density at radius 2 is 1.86 bits per heavy atom. The smallest absolute Gasteiger partial charge is 0.226 e. The van der Waals surface area contributed by atoms with Crippen LogP contribution in [0.15, 0.2) is 34.7 Å². The van der Waals surface area contributed by atoms with Crippen LogP contribution in [0, 0.1) is 6.92 Å². The Kier molecular flexibility index (Phi) is 6.31. The quantitative estimate of drug-likeness (QED) is 0.810. The summed E-state index contributed by atoms with van der Waals surface area (Å²) < 4.78 is 11.3. The maximum absolute atomic E-state index is 12.7. The highest BCUT2D eigenvalue weighted by molar-refractivity contribution is 5.78. The van der Waals surface area contributed by atoms with Crippen LogP contribution in [0.3, 0.4) is 0 Å². The lowest BCUT2D eigenvalue weighted by Gasteiger charge is -2.48. The molecule has 0 spiro atoms. The van der Waals surface area contributed by atoms with Gasteiger partial charge in [-0.15, -0.1) is 0 Å². The van der Waals surface area contributed by atoms with Crippen molar-refractivity contribution in [2.24, 2.45) is 0 Å². The van der Waals surface area contributed by atoms with Crippen molar-refractivity contribution < 1.29 is 13.9 Å². The average Bonchev–Trinajstić information content (AvgIpc) is 3.14. The SMILES string of the molecule is Cc1oc(-c2ccccc2)nc1CC(=O)NCC1(N2CCOCC2)CCCCC1. The van der Waals surface area contributed by atoms with Crippen molar-refractivity contribution in [1.29, 1.82) is 0 Å². The van der Waals surface area contributed by atoms with E-state index in [0.29, 0.717) is 23.9 Å². The van der Waals surface area contributed by atoms with E-state index < -0.39 is 0 Å². The monoisotopic (exact) mass is 397 g/mol. The summed E-state index contributed by atoms with van der Waals surface area (Å²) in [7, 11) is 0. The van der Waals surface area contributed by atoms with Crippen molar-refractivity contribution in [2.45, 2.75) is 51.0 Å². The van der Waals surface area contributed by atoms with Crippen LogP contribution in [0.5, 0.6) is 0 Å². The molecule has 2 fully saturated rings. The van der Waals surface area contributed by atoms with Gasteiger partial charge in [-0.3, -0.25) is 9.69 Å². The Morgan fingerprint density at radius 3 is 2.59 bits per heavy atom. The Labute approximate surface area is 172 Å². The first kappa shape index (κ1) is 20.1. The van der Waals surface area contributed by atoms with E-state index in [1.807, 2.05) is 37.3 Å². The number of amides is 1. The molecule has 0 radical (unpaired) electrons. The third-order valence-corrected chi connectivity index (χ3v) is 6.32. The van der Waals surface area contributed by atoms with Crippen LogP contribution >= 0.6 is 0 Å². The zero-order valence-corrected chi connectivity index (χ0v) is 17.3. The third-order valence-electron chi connectivity index (χ3n) is 6.32. The zero-order chi connectivity index (χ0) is 20.1. The molecule has 0 atom stereocenters. The predicted octanol–water partition coefficient (Wildman–Crippen LogP) is 3.34. The Morgan fingerprint density at radius 1 is 1.14 bits per heavy atom. The molecule has 0 bridgehead atoms. The van der Waals surface area contributed by atoms with Gasteiger partial charge in [0.2, 0.25) is 11.8 Å². The minimum Gasteiger partial charge on any atom is -0.441 e. The van der Waals surface area contributed by atoms with Gasteiger partial charge < -0.3 is 14.5 Å². The molecule has 2 aromatic rings. The summed E-state index contributed by atoms with van der Waals surface area (Å²) in [4.78, 5) is 19.9. The molecule has 1 amide bonds. The number of carbonyl (C=O) groups excluding carboxylic acids is 1. The summed E-state index contributed by atoms with van der Waals surface area (Å²) in [6.45, 7) is 6.07.